The van der Waals surface area contributed by atoms with Gasteiger partial charge >= 0.3 is 0 Å². The van der Waals surface area contributed by atoms with Crippen molar-refractivity contribution in [2.24, 2.45) is 0 Å². The lowest BCUT2D eigenvalue weighted by molar-refractivity contribution is 0.989. The summed E-state index contributed by atoms with van der Waals surface area (Å²) in [6.45, 7) is 0. The molecule has 0 amide bonds. The largest absolute Gasteiger partial charge is 0.378 e. The Morgan fingerprint density at radius 1 is 1.12 bits per heavy atom. The van der Waals surface area contributed by atoms with Crippen LogP contribution in [0.25, 0.3) is 5.69 Å². The van der Waals surface area contributed by atoms with Crippen LogP contribution in [0.1, 0.15) is 0 Å². The maximum Gasteiger partial charge on any atom is 0.256 e. The molecule has 1 heterocycles. The summed E-state index contributed by atoms with van der Waals surface area (Å²) >= 11 is 5.75. The van der Waals surface area contributed by atoms with Gasteiger partial charge in [-0.25, -0.2) is 0 Å². The number of hydrogen-bond donors (Lipinski definition) is 0. The van der Waals surface area contributed by atoms with Crippen LogP contribution in [0.3, 0.4) is 0 Å². The molecule has 0 fully saturated rings. The highest BCUT2D eigenvalue weighted by molar-refractivity contribution is 6.30. The van der Waals surface area contributed by atoms with E-state index in [0.717, 1.165) is 11.4 Å². The lowest BCUT2D eigenvalue weighted by Crippen LogP contribution is -2.16. The molecule has 0 unspecified atom stereocenters. The molecule has 4 heteroatoms. The zero-order valence-corrected chi connectivity index (χ0v) is 10.5. The van der Waals surface area contributed by atoms with Crippen molar-refractivity contribution in [3.63, 3.8) is 0 Å². The molecular formula is C13H13ClN2O. The van der Waals surface area contributed by atoms with Gasteiger partial charge in [0.15, 0.2) is 0 Å². The fourth-order valence-corrected chi connectivity index (χ4v) is 1.73. The van der Waals surface area contributed by atoms with Crippen LogP contribution >= 0.6 is 11.6 Å². The maximum absolute atomic E-state index is 11.7. The van der Waals surface area contributed by atoms with E-state index in [0.29, 0.717) is 5.02 Å². The Bertz CT molecular complexity index is 573. The molecule has 2 rings (SSSR count). The van der Waals surface area contributed by atoms with E-state index in [1.54, 1.807) is 16.8 Å². The second-order valence-electron chi connectivity index (χ2n) is 3.96. The molecule has 0 spiro atoms. The number of hydrogen-bond acceptors (Lipinski definition) is 2. The van der Waals surface area contributed by atoms with Crippen LogP contribution in [-0.2, 0) is 0 Å². The molecule has 0 aliphatic carbocycles. The van der Waals surface area contributed by atoms with Crippen molar-refractivity contribution >= 4 is 17.3 Å². The fraction of sp³-hybridized carbons (Fsp3) is 0.154. The van der Waals surface area contributed by atoms with Gasteiger partial charge in [-0.3, -0.25) is 9.36 Å². The van der Waals surface area contributed by atoms with Gasteiger partial charge < -0.3 is 4.90 Å². The minimum Gasteiger partial charge on any atom is -0.378 e. The lowest BCUT2D eigenvalue weighted by Gasteiger charge is -2.13. The summed E-state index contributed by atoms with van der Waals surface area (Å²) in [5.41, 5.74) is 1.79. The van der Waals surface area contributed by atoms with Gasteiger partial charge in [0.05, 0.1) is 0 Å². The molecule has 0 aliphatic rings. The van der Waals surface area contributed by atoms with Crippen LogP contribution in [-0.4, -0.2) is 18.7 Å². The molecule has 17 heavy (non-hydrogen) atoms. The van der Waals surface area contributed by atoms with Crippen LogP contribution in [0, 0.1) is 0 Å². The molecule has 0 atom stereocenters. The van der Waals surface area contributed by atoms with E-state index in [1.165, 1.54) is 6.07 Å². The number of rotatable bonds is 2. The summed E-state index contributed by atoms with van der Waals surface area (Å²) in [6, 6.07) is 10.9. The zero-order valence-electron chi connectivity index (χ0n) is 9.72. The molecule has 1 aromatic carbocycles. The zero-order chi connectivity index (χ0) is 12.4. The van der Waals surface area contributed by atoms with Crippen molar-refractivity contribution < 1.29 is 0 Å². The molecule has 0 radical (unpaired) electrons. The lowest BCUT2D eigenvalue weighted by atomic mass is 10.2. The van der Waals surface area contributed by atoms with Crippen LogP contribution in [0.4, 0.5) is 5.69 Å². The summed E-state index contributed by atoms with van der Waals surface area (Å²) < 4.78 is 1.56. The smallest absolute Gasteiger partial charge is 0.256 e. The second kappa shape index (κ2) is 4.63. The summed E-state index contributed by atoms with van der Waals surface area (Å²) in [5.74, 6) is 0. The summed E-state index contributed by atoms with van der Waals surface area (Å²) in [6.07, 6.45) is 1.68. The molecule has 2 aromatic rings. The Hall–Kier alpha value is -1.74. The molecule has 0 aliphatic heterocycles. The Morgan fingerprint density at radius 2 is 1.76 bits per heavy atom. The Labute approximate surface area is 105 Å². The van der Waals surface area contributed by atoms with Gasteiger partial charge in [0.2, 0.25) is 0 Å². The van der Waals surface area contributed by atoms with Gasteiger partial charge in [0.25, 0.3) is 5.56 Å². The molecule has 1 aromatic heterocycles. The van der Waals surface area contributed by atoms with E-state index in [9.17, 15) is 4.79 Å². The molecule has 0 bridgehead atoms. The first-order chi connectivity index (χ1) is 8.08. The van der Waals surface area contributed by atoms with Crippen LogP contribution in [0.2, 0.25) is 5.02 Å². The van der Waals surface area contributed by atoms with Crippen LogP contribution < -0.4 is 10.5 Å². The Morgan fingerprint density at radius 3 is 2.29 bits per heavy atom. The first-order valence-corrected chi connectivity index (χ1v) is 5.62. The first kappa shape index (κ1) is 11.7. The number of nitrogens with zero attached hydrogens (tertiary/aromatic N) is 2. The van der Waals surface area contributed by atoms with Crippen molar-refractivity contribution in [2.75, 3.05) is 19.0 Å². The van der Waals surface area contributed by atoms with E-state index in [2.05, 4.69) is 0 Å². The fourth-order valence-electron chi connectivity index (χ4n) is 1.58. The number of benzene rings is 1. The molecule has 0 saturated heterocycles. The summed E-state index contributed by atoms with van der Waals surface area (Å²) in [4.78, 5) is 13.7. The third-order valence-corrected chi connectivity index (χ3v) is 2.76. The normalized spacial score (nSPS) is 10.3. The molecule has 88 valence electrons. The van der Waals surface area contributed by atoms with Gasteiger partial charge in [-0.05, 0) is 30.3 Å². The molecule has 0 N–H and O–H groups in total. The highest BCUT2D eigenvalue weighted by atomic mass is 35.5. The molecular weight excluding hydrogens is 236 g/mol. The Kier molecular flexibility index (Phi) is 3.20. The SMILES string of the molecule is CN(C)c1ccc(-n2ccc(Cl)cc2=O)cc1. The predicted octanol–water partition coefficient (Wildman–Crippen LogP) is 2.56. The topological polar surface area (TPSA) is 25.2 Å². The highest BCUT2D eigenvalue weighted by Gasteiger charge is 2.01. The minimum atomic E-state index is -0.130. The average molecular weight is 249 g/mol. The van der Waals surface area contributed by atoms with E-state index in [1.807, 2.05) is 43.3 Å². The van der Waals surface area contributed by atoms with Gasteiger partial charge in [-0.15, -0.1) is 0 Å². The quantitative estimate of drug-likeness (QED) is 0.816. The summed E-state index contributed by atoms with van der Waals surface area (Å²) in [5, 5.41) is 0.455. The van der Waals surface area contributed by atoms with E-state index < -0.39 is 0 Å². The van der Waals surface area contributed by atoms with Crippen molar-refractivity contribution in [1.29, 1.82) is 0 Å². The number of anilines is 1. The molecule has 0 saturated carbocycles. The number of aromatic nitrogens is 1. The minimum absolute atomic E-state index is 0.130. The van der Waals surface area contributed by atoms with Gasteiger partial charge in [0, 0.05) is 42.8 Å². The number of pyridine rings is 1. The Balaban J connectivity index is 2.43. The maximum atomic E-state index is 11.7. The van der Waals surface area contributed by atoms with Gasteiger partial charge in [0.1, 0.15) is 0 Å². The highest BCUT2D eigenvalue weighted by Crippen LogP contribution is 2.14. The van der Waals surface area contributed by atoms with Gasteiger partial charge in [-0.1, -0.05) is 11.6 Å². The van der Waals surface area contributed by atoms with Crippen LogP contribution in [0.5, 0.6) is 0 Å². The predicted molar refractivity (Wildman–Crippen MR) is 71.4 cm³/mol. The standard InChI is InChI=1S/C13H13ClN2O/c1-15(2)11-3-5-12(6-4-11)16-8-7-10(14)9-13(16)17/h3-9H,1-2H3. The van der Waals surface area contributed by atoms with Gasteiger partial charge in [-0.2, -0.15) is 0 Å². The average Bonchev–Trinajstić information content (AvgIpc) is 2.29. The van der Waals surface area contributed by atoms with Crippen molar-refractivity contribution in [1.82, 2.24) is 4.57 Å². The van der Waals surface area contributed by atoms with Crippen molar-refractivity contribution in [3.05, 3.63) is 58.0 Å². The van der Waals surface area contributed by atoms with E-state index in [-0.39, 0.29) is 5.56 Å². The van der Waals surface area contributed by atoms with E-state index in [4.69, 9.17) is 11.6 Å². The number of halogens is 1. The summed E-state index contributed by atoms with van der Waals surface area (Å²) in [7, 11) is 3.95. The first-order valence-electron chi connectivity index (χ1n) is 5.24. The van der Waals surface area contributed by atoms with E-state index >= 15 is 0 Å². The van der Waals surface area contributed by atoms with Crippen LogP contribution in [0.15, 0.2) is 47.4 Å². The van der Waals surface area contributed by atoms with Crippen molar-refractivity contribution in [3.8, 4) is 5.69 Å². The molecule has 3 nitrogen and oxygen atoms in total. The monoisotopic (exact) mass is 248 g/mol. The second-order valence-corrected chi connectivity index (χ2v) is 4.40. The third-order valence-electron chi connectivity index (χ3n) is 2.53. The third kappa shape index (κ3) is 2.50. The van der Waals surface area contributed by atoms with Crippen molar-refractivity contribution in [2.45, 2.75) is 0 Å².